The molecule has 2 saturated heterocycles. The van der Waals surface area contributed by atoms with Gasteiger partial charge in [0.2, 0.25) is 5.91 Å². The van der Waals surface area contributed by atoms with Crippen LogP contribution in [0.15, 0.2) is 0 Å². The minimum Gasteiger partial charge on any atom is -0.347 e. The Morgan fingerprint density at radius 3 is 2.11 bits per heavy atom. The molecule has 0 atom stereocenters. The second kappa shape index (κ2) is 5.06. The zero-order chi connectivity index (χ0) is 13.3. The van der Waals surface area contributed by atoms with Gasteiger partial charge in [0.25, 0.3) is 0 Å². The molecule has 1 aliphatic carbocycles. The Balaban J connectivity index is 1.60. The van der Waals surface area contributed by atoms with Gasteiger partial charge in [-0.3, -0.25) is 4.79 Å². The highest BCUT2D eigenvalue weighted by Crippen LogP contribution is 2.39. The van der Waals surface area contributed by atoms with Crippen LogP contribution in [0.5, 0.6) is 0 Å². The highest BCUT2D eigenvalue weighted by atomic mass is 16.7. The van der Waals surface area contributed by atoms with E-state index in [9.17, 15) is 4.79 Å². The van der Waals surface area contributed by atoms with Crippen molar-refractivity contribution in [2.24, 2.45) is 5.41 Å². The predicted molar refractivity (Wildman–Crippen MR) is 71.6 cm³/mol. The van der Waals surface area contributed by atoms with E-state index < -0.39 is 0 Å². The number of likely N-dealkylation sites (tertiary alicyclic amines) is 1. The van der Waals surface area contributed by atoms with E-state index in [0.717, 1.165) is 38.8 Å². The number of amides is 1. The Hall–Kier alpha value is -0.610. The van der Waals surface area contributed by atoms with Crippen LogP contribution >= 0.6 is 0 Å². The van der Waals surface area contributed by atoms with E-state index in [1.165, 1.54) is 19.3 Å². The van der Waals surface area contributed by atoms with Crippen molar-refractivity contribution in [3.05, 3.63) is 0 Å². The van der Waals surface area contributed by atoms with Crippen LogP contribution in [0, 0.1) is 5.41 Å². The first-order valence-electron chi connectivity index (χ1n) is 7.71. The normalized spacial score (nSPS) is 29.6. The smallest absolute Gasteiger partial charge is 0.228 e. The Morgan fingerprint density at radius 2 is 1.53 bits per heavy atom. The summed E-state index contributed by atoms with van der Waals surface area (Å²) in [5.74, 6) is -0.00963. The molecule has 0 radical (unpaired) electrons. The maximum absolute atomic E-state index is 12.7. The molecule has 1 saturated carbocycles. The van der Waals surface area contributed by atoms with Crippen LogP contribution in [0.1, 0.15) is 51.9 Å². The standard InChI is InChI=1S/C15H25NO3/c1-14(5-3-2-4-6-14)13(17)16-9-7-15(8-10-16)18-11-12-19-15/h2-12H2,1H3. The average molecular weight is 267 g/mol. The summed E-state index contributed by atoms with van der Waals surface area (Å²) in [4.78, 5) is 14.8. The van der Waals surface area contributed by atoms with Gasteiger partial charge in [-0.05, 0) is 12.8 Å². The second-order valence-corrected chi connectivity index (χ2v) is 6.52. The topological polar surface area (TPSA) is 38.8 Å². The molecule has 4 heteroatoms. The summed E-state index contributed by atoms with van der Waals surface area (Å²) in [6.45, 7) is 5.13. The third kappa shape index (κ3) is 2.52. The molecule has 0 aromatic carbocycles. The zero-order valence-electron chi connectivity index (χ0n) is 12.0. The van der Waals surface area contributed by atoms with Gasteiger partial charge < -0.3 is 14.4 Å². The van der Waals surface area contributed by atoms with Gasteiger partial charge in [-0.1, -0.05) is 26.2 Å². The molecule has 3 aliphatic rings. The minimum absolute atomic E-state index is 0.111. The van der Waals surface area contributed by atoms with Gasteiger partial charge >= 0.3 is 0 Å². The van der Waals surface area contributed by atoms with Crippen molar-refractivity contribution < 1.29 is 14.3 Å². The molecule has 3 rings (SSSR count). The van der Waals surface area contributed by atoms with Gasteiger partial charge in [0.1, 0.15) is 0 Å². The highest BCUT2D eigenvalue weighted by molar-refractivity contribution is 5.82. The molecular weight excluding hydrogens is 242 g/mol. The lowest BCUT2D eigenvalue weighted by Crippen LogP contribution is -2.51. The van der Waals surface area contributed by atoms with Gasteiger partial charge in [-0.2, -0.15) is 0 Å². The number of hydrogen-bond acceptors (Lipinski definition) is 3. The maximum Gasteiger partial charge on any atom is 0.228 e. The Bertz CT molecular complexity index is 333. The van der Waals surface area contributed by atoms with Crippen molar-refractivity contribution in [1.29, 1.82) is 0 Å². The molecule has 1 amide bonds. The summed E-state index contributed by atoms with van der Waals surface area (Å²) in [5.41, 5.74) is -0.111. The predicted octanol–water partition coefficient (Wildman–Crippen LogP) is 2.32. The largest absolute Gasteiger partial charge is 0.347 e. The van der Waals surface area contributed by atoms with Gasteiger partial charge in [-0.25, -0.2) is 0 Å². The monoisotopic (exact) mass is 267 g/mol. The molecule has 2 heterocycles. The Morgan fingerprint density at radius 1 is 0.947 bits per heavy atom. The first-order valence-corrected chi connectivity index (χ1v) is 7.71. The maximum atomic E-state index is 12.7. The summed E-state index contributed by atoms with van der Waals surface area (Å²) in [6, 6.07) is 0. The summed E-state index contributed by atoms with van der Waals surface area (Å²) >= 11 is 0. The molecular formula is C15H25NO3. The van der Waals surface area contributed by atoms with Gasteiger partial charge in [0, 0.05) is 31.3 Å². The van der Waals surface area contributed by atoms with Crippen molar-refractivity contribution in [2.45, 2.75) is 57.7 Å². The molecule has 0 bridgehead atoms. The number of piperidine rings is 1. The third-order valence-corrected chi connectivity index (χ3v) is 5.10. The lowest BCUT2D eigenvalue weighted by Gasteiger charge is -2.42. The Kier molecular flexibility index (Phi) is 3.56. The molecule has 0 unspecified atom stereocenters. The van der Waals surface area contributed by atoms with Gasteiger partial charge in [0.15, 0.2) is 5.79 Å². The minimum atomic E-state index is -0.371. The number of nitrogens with zero attached hydrogens (tertiary/aromatic N) is 1. The molecule has 4 nitrogen and oxygen atoms in total. The van der Waals surface area contributed by atoms with Crippen LogP contribution in [0.25, 0.3) is 0 Å². The SMILES string of the molecule is CC1(C(=O)N2CCC3(CC2)OCCO3)CCCCC1. The fraction of sp³-hybridized carbons (Fsp3) is 0.933. The number of carbonyl (C=O) groups is 1. The molecule has 108 valence electrons. The van der Waals surface area contributed by atoms with Crippen LogP contribution < -0.4 is 0 Å². The summed E-state index contributed by atoms with van der Waals surface area (Å²) in [5, 5.41) is 0. The first kappa shape index (κ1) is 13.4. The van der Waals surface area contributed by atoms with E-state index in [-0.39, 0.29) is 11.2 Å². The van der Waals surface area contributed by atoms with Gasteiger partial charge in [-0.15, -0.1) is 0 Å². The van der Waals surface area contributed by atoms with Crippen LogP contribution in [-0.2, 0) is 14.3 Å². The van der Waals surface area contributed by atoms with Crippen molar-refractivity contribution in [2.75, 3.05) is 26.3 Å². The van der Waals surface area contributed by atoms with E-state index >= 15 is 0 Å². The summed E-state index contributed by atoms with van der Waals surface area (Å²) < 4.78 is 11.4. The van der Waals surface area contributed by atoms with Crippen LogP contribution in [0.3, 0.4) is 0 Å². The second-order valence-electron chi connectivity index (χ2n) is 6.52. The lowest BCUT2D eigenvalue weighted by molar-refractivity contribution is -0.190. The first-order chi connectivity index (χ1) is 9.14. The summed E-state index contributed by atoms with van der Waals surface area (Å²) in [7, 11) is 0. The molecule has 19 heavy (non-hydrogen) atoms. The van der Waals surface area contributed by atoms with Crippen LogP contribution in [0.2, 0.25) is 0 Å². The van der Waals surface area contributed by atoms with E-state index in [2.05, 4.69) is 6.92 Å². The molecule has 2 aliphatic heterocycles. The number of rotatable bonds is 1. The van der Waals surface area contributed by atoms with Gasteiger partial charge in [0.05, 0.1) is 13.2 Å². The quantitative estimate of drug-likeness (QED) is 0.732. The van der Waals surface area contributed by atoms with Crippen molar-refractivity contribution >= 4 is 5.91 Å². The lowest BCUT2D eigenvalue weighted by atomic mass is 9.74. The number of hydrogen-bond donors (Lipinski definition) is 0. The fourth-order valence-electron chi connectivity index (χ4n) is 3.76. The summed E-state index contributed by atoms with van der Waals surface area (Å²) in [6.07, 6.45) is 7.46. The molecule has 0 N–H and O–H groups in total. The van der Waals surface area contributed by atoms with Crippen LogP contribution in [-0.4, -0.2) is 42.9 Å². The van der Waals surface area contributed by atoms with Crippen molar-refractivity contribution in [3.8, 4) is 0 Å². The number of carbonyl (C=O) groups excluding carboxylic acids is 1. The Labute approximate surface area is 115 Å². The molecule has 0 aromatic rings. The zero-order valence-corrected chi connectivity index (χ0v) is 12.0. The number of ether oxygens (including phenoxy) is 2. The average Bonchev–Trinajstić information content (AvgIpc) is 2.88. The van der Waals surface area contributed by atoms with Crippen LogP contribution in [0.4, 0.5) is 0 Å². The fourth-order valence-corrected chi connectivity index (χ4v) is 3.76. The van der Waals surface area contributed by atoms with E-state index in [1.54, 1.807) is 0 Å². The van der Waals surface area contributed by atoms with E-state index in [0.29, 0.717) is 19.1 Å². The van der Waals surface area contributed by atoms with E-state index in [4.69, 9.17) is 9.47 Å². The molecule has 0 aromatic heterocycles. The highest BCUT2D eigenvalue weighted by Gasteiger charge is 2.44. The van der Waals surface area contributed by atoms with E-state index in [1.807, 2.05) is 4.90 Å². The molecule has 3 fully saturated rings. The van der Waals surface area contributed by atoms with Crippen molar-refractivity contribution in [1.82, 2.24) is 4.90 Å². The molecule has 1 spiro atoms. The third-order valence-electron chi connectivity index (χ3n) is 5.10. The van der Waals surface area contributed by atoms with Crippen molar-refractivity contribution in [3.63, 3.8) is 0 Å².